The third-order valence-corrected chi connectivity index (χ3v) is 4.51. The van der Waals surface area contributed by atoms with Crippen molar-refractivity contribution in [3.05, 3.63) is 35.6 Å². The topological polar surface area (TPSA) is 29.5 Å². The van der Waals surface area contributed by atoms with Crippen molar-refractivity contribution >= 4 is 5.91 Å². The van der Waals surface area contributed by atoms with Crippen molar-refractivity contribution in [1.29, 1.82) is 0 Å². The van der Waals surface area contributed by atoms with E-state index in [1.165, 1.54) is 17.2 Å². The third kappa shape index (κ3) is 2.33. The average molecular weight is 277 g/mol. The number of rotatable bonds is 3. The second-order valence-electron chi connectivity index (χ2n) is 6.32. The fraction of sp³-hybridized carbons (Fsp3) is 0.562. The summed E-state index contributed by atoms with van der Waals surface area (Å²) in [6.45, 7) is 4.53. The Morgan fingerprint density at radius 1 is 1.25 bits per heavy atom. The van der Waals surface area contributed by atoms with E-state index >= 15 is 0 Å². The number of hydrogen-bond acceptors (Lipinski definition) is 2. The van der Waals surface area contributed by atoms with Gasteiger partial charge in [0.25, 0.3) is 5.91 Å². The smallest absolute Gasteiger partial charge is 0.252 e. The maximum absolute atomic E-state index is 13.0. The molecule has 1 amide bonds. The normalized spacial score (nSPS) is 23.1. The summed E-state index contributed by atoms with van der Waals surface area (Å²) in [7, 11) is 0. The second-order valence-corrected chi connectivity index (χ2v) is 6.32. The molecule has 20 heavy (non-hydrogen) atoms. The molecule has 1 heterocycles. The highest BCUT2D eigenvalue weighted by atomic mass is 19.1. The van der Waals surface area contributed by atoms with Crippen molar-refractivity contribution in [2.24, 2.45) is 11.3 Å². The van der Waals surface area contributed by atoms with Crippen LogP contribution in [0.3, 0.4) is 0 Å². The van der Waals surface area contributed by atoms with Crippen molar-refractivity contribution < 1.29 is 14.0 Å². The molecule has 3 nitrogen and oxygen atoms in total. The molecule has 1 aliphatic carbocycles. The molecule has 1 saturated heterocycles. The van der Waals surface area contributed by atoms with Crippen LogP contribution in [0.2, 0.25) is 0 Å². The van der Waals surface area contributed by atoms with Crippen LogP contribution in [-0.4, -0.2) is 17.6 Å². The number of carbonyl (C=O) groups excluding carboxylic acids is 1. The predicted octanol–water partition coefficient (Wildman–Crippen LogP) is 3.47. The molecule has 0 N–H and O–H groups in total. The summed E-state index contributed by atoms with van der Waals surface area (Å²) in [5.41, 5.74) is 0.562. The van der Waals surface area contributed by atoms with Gasteiger partial charge in [0, 0.05) is 11.8 Å². The molecule has 2 aliphatic rings. The lowest BCUT2D eigenvalue weighted by molar-refractivity contribution is -0.188. The van der Waals surface area contributed by atoms with Crippen LogP contribution in [0.25, 0.3) is 0 Å². The van der Waals surface area contributed by atoms with Gasteiger partial charge in [-0.3, -0.25) is 9.63 Å². The lowest BCUT2D eigenvalue weighted by Crippen LogP contribution is -2.41. The van der Waals surface area contributed by atoms with Gasteiger partial charge in [0.2, 0.25) is 0 Å². The van der Waals surface area contributed by atoms with Crippen LogP contribution in [0, 0.1) is 17.2 Å². The van der Waals surface area contributed by atoms with E-state index in [0.29, 0.717) is 12.5 Å². The highest BCUT2D eigenvalue weighted by Crippen LogP contribution is 2.47. The molecule has 0 radical (unpaired) electrons. The molecule has 1 aromatic rings. The Bertz CT molecular complexity index is 508. The molecule has 1 aliphatic heterocycles. The Kier molecular flexibility index (Phi) is 3.28. The van der Waals surface area contributed by atoms with Crippen molar-refractivity contribution in [1.82, 2.24) is 5.06 Å². The molecule has 0 unspecified atom stereocenters. The number of halogens is 1. The third-order valence-electron chi connectivity index (χ3n) is 4.51. The monoisotopic (exact) mass is 277 g/mol. The highest BCUT2D eigenvalue weighted by molar-refractivity contribution is 5.82. The van der Waals surface area contributed by atoms with E-state index in [1.807, 2.05) is 13.8 Å². The first-order valence-corrected chi connectivity index (χ1v) is 7.22. The maximum atomic E-state index is 13.0. The Balaban J connectivity index is 1.81. The molecular formula is C16H20FNO2. The van der Waals surface area contributed by atoms with Crippen molar-refractivity contribution in [2.75, 3.05) is 6.61 Å². The number of amides is 1. The van der Waals surface area contributed by atoms with Crippen LogP contribution in [0.5, 0.6) is 0 Å². The maximum Gasteiger partial charge on any atom is 0.252 e. The molecule has 2 fully saturated rings. The van der Waals surface area contributed by atoms with E-state index in [1.54, 1.807) is 12.1 Å². The van der Waals surface area contributed by atoms with Gasteiger partial charge in [-0.1, -0.05) is 26.0 Å². The van der Waals surface area contributed by atoms with Gasteiger partial charge in [-0.2, -0.15) is 0 Å². The number of carbonyl (C=O) groups is 1. The van der Waals surface area contributed by atoms with E-state index in [0.717, 1.165) is 24.8 Å². The molecule has 1 saturated carbocycles. The molecule has 3 rings (SSSR count). The van der Waals surface area contributed by atoms with E-state index in [4.69, 9.17) is 4.84 Å². The van der Waals surface area contributed by atoms with E-state index in [-0.39, 0.29) is 23.2 Å². The fourth-order valence-electron chi connectivity index (χ4n) is 2.92. The van der Waals surface area contributed by atoms with Gasteiger partial charge in [-0.15, -0.1) is 0 Å². The Labute approximate surface area is 118 Å². The summed E-state index contributed by atoms with van der Waals surface area (Å²) in [6, 6.07) is 6.24. The van der Waals surface area contributed by atoms with E-state index in [2.05, 4.69) is 0 Å². The molecule has 4 heteroatoms. The standard InChI is InChI=1S/C16H20FNO2/c1-16(2,12-5-6-12)15(19)18-14(9-10-20-18)11-3-7-13(17)8-4-11/h3-4,7-8,12,14H,5-6,9-10H2,1-2H3/t14-/m0/s1. The SMILES string of the molecule is CC(C)(C(=O)N1OCC[C@H]1c1ccc(F)cc1)C1CC1. The van der Waals surface area contributed by atoms with Gasteiger partial charge in [0.1, 0.15) is 5.82 Å². The van der Waals surface area contributed by atoms with Crippen molar-refractivity contribution in [2.45, 2.75) is 39.2 Å². The summed E-state index contributed by atoms with van der Waals surface area (Å²) in [6.07, 6.45) is 3.00. The van der Waals surface area contributed by atoms with Crippen LogP contribution in [0.15, 0.2) is 24.3 Å². The molecule has 0 spiro atoms. The Morgan fingerprint density at radius 2 is 1.90 bits per heavy atom. The quantitative estimate of drug-likeness (QED) is 0.846. The first-order valence-electron chi connectivity index (χ1n) is 7.22. The zero-order chi connectivity index (χ0) is 14.3. The molecule has 0 aromatic heterocycles. The zero-order valence-electron chi connectivity index (χ0n) is 11.9. The number of hydrogen-bond donors (Lipinski definition) is 0. The lowest BCUT2D eigenvalue weighted by Gasteiger charge is -2.31. The van der Waals surface area contributed by atoms with Crippen LogP contribution >= 0.6 is 0 Å². The molecule has 108 valence electrons. The first-order chi connectivity index (χ1) is 9.50. The molecule has 0 bridgehead atoms. The van der Waals surface area contributed by atoms with E-state index in [9.17, 15) is 9.18 Å². The van der Waals surface area contributed by atoms with Crippen LogP contribution in [0.4, 0.5) is 4.39 Å². The van der Waals surface area contributed by atoms with Gasteiger partial charge in [-0.25, -0.2) is 9.45 Å². The van der Waals surface area contributed by atoms with Crippen molar-refractivity contribution in [3.63, 3.8) is 0 Å². The number of benzene rings is 1. The van der Waals surface area contributed by atoms with Crippen LogP contribution < -0.4 is 0 Å². The second kappa shape index (κ2) is 4.85. The van der Waals surface area contributed by atoms with Gasteiger partial charge in [0.15, 0.2) is 0 Å². The summed E-state index contributed by atoms with van der Waals surface area (Å²) in [5, 5.41) is 1.52. The molecule has 1 atom stereocenters. The summed E-state index contributed by atoms with van der Waals surface area (Å²) in [4.78, 5) is 18.3. The van der Waals surface area contributed by atoms with Gasteiger partial charge in [-0.05, 0) is 36.5 Å². The molecular weight excluding hydrogens is 257 g/mol. The minimum atomic E-state index is -0.372. The Hall–Kier alpha value is -1.42. The summed E-state index contributed by atoms with van der Waals surface area (Å²) < 4.78 is 13.0. The van der Waals surface area contributed by atoms with Crippen LogP contribution in [-0.2, 0) is 9.63 Å². The highest BCUT2D eigenvalue weighted by Gasteiger charge is 2.48. The van der Waals surface area contributed by atoms with E-state index < -0.39 is 0 Å². The number of hydroxylamine groups is 2. The largest absolute Gasteiger partial charge is 0.272 e. The van der Waals surface area contributed by atoms with Crippen molar-refractivity contribution in [3.8, 4) is 0 Å². The number of nitrogens with zero attached hydrogens (tertiary/aromatic N) is 1. The predicted molar refractivity (Wildman–Crippen MR) is 73.1 cm³/mol. The summed E-state index contributed by atoms with van der Waals surface area (Å²) in [5.74, 6) is 0.253. The minimum absolute atomic E-state index is 0.0480. The summed E-state index contributed by atoms with van der Waals surface area (Å²) >= 11 is 0. The Morgan fingerprint density at radius 3 is 2.50 bits per heavy atom. The van der Waals surface area contributed by atoms with Gasteiger partial charge < -0.3 is 0 Å². The van der Waals surface area contributed by atoms with Gasteiger partial charge in [0.05, 0.1) is 12.6 Å². The molecule has 1 aromatic carbocycles. The zero-order valence-corrected chi connectivity index (χ0v) is 11.9. The minimum Gasteiger partial charge on any atom is -0.272 e. The first kappa shape index (κ1) is 13.6. The van der Waals surface area contributed by atoms with Crippen LogP contribution in [0.1, 0.15) is 44.7 Å². The fourth-order valence-corrected chi connectivity index (χ4v) is 2.92. The average Bonchev–Trinajstić information content (AvgIpc) is 3.18. The lowest BCUT2D eigenvalue weighted by atomic mass is 9.85. The van der Waals surface area contributed by atoms with Gasteiger partial charge >= 0.3 is 0 Å².